The van der Waals surface area contributed by atoms with Gasteiger partial charge in [0.05, 0.1) is 23.4 Å². The van der Waals surface area contributed by atoms with Gasteiger partial charge >= 0.3 is 0 Å². The summed E-state index contributed by atoms with van der Waals surface area (Å²) in [5, 5.41) is 12.6. The third kappa shape index (κ3) is 4.57. The molecular weight excluding hydrogens is 494 g/mol. The number of ether oxygens (including phenoxy) is 1. The van der Waals surface area contributed by atoms with Crippen LogP contribution >= 0.6 is 0 Å². The standard InChI is InChI=1S/C26H23N5O5S/c1-36-19-4-2-3-16(13-19)26(33)29-17-7-5-15-6-12-21-23(25(27)32)30-31(24(21)22(15)14-17)18-8-10-20(11-9-18)37(28,34)35/h2-5,7-11,13-14H,6,12H2,1H3,(H2,27,32)(H,29,33)(H2,28,34,35). The van der Waals surface area contributed by atoms with Crippen molar-refractivity contribution in [1.29, 1.82) is 0 Å². The molecule has 0 bridgehead atoms. The molecule has 1 aromatic heterocycles. The van der Waals surface area contributed by atoms with Gasteiger partial charge in [-0.25, -0.2) is 18.2 Å². The van der Waals surface area contributed by atoms with Gasteiger partial charge in [-0.2, -0.15) is 5.10 Å². The topological polar surface area (TPSA) is 159 Å². The molecule has 0 atom stereocenters. The van der Waals surface area contributed by atoms with Crippen molar-refractivity contribution in [2.45, 2.75) is 17.7 Å². The third-order valence-electron chi connectivity index (χ3n) is 6.23. The van der Waals surface area contributed by atoms with Crippen LogP contribution in [0.3, 0.4) is 0 Å². The van der Waals surface area contributed by atoms with E-state index in [4.69, 9.17) is 15.6 Å². The zero-order chi connectivity index (χ0) is 26.3. The largest absolute Gasteiger partial charge is 0.497 e. The second-order valence-corrected chi connectivity index (χ2v) is 10.1. The number of hydrogen-bond donors (Lipinski definition) is 3. The molecule has 0 radical (unpaired) electrons. The van der Waals surface area contributed by atoms with Crippen LogP contribution in [0.5, 0.6) is 5.75 Å². The Morgan fingerprint density at radius 1 is 1.03 bits per heavy atom. The Hall–Kier alpha value is -4.48. The average Bonchev–Trinajstić information content (AvgIpc) is 3.29. The Kier molecular flexibility index (Phi) is 6.02. The molecule has 37 heavy (non-hydrogen) atoms. The lowest BCUT2D eigenvalue weighted by atomic mass is 9.88. The minimum Gasteiger partial charge on any atom is -0.497 e. The molecule has 5 N–H and O–H groups in total. The molecule has 0 fully saturated rings. The number of benzene rings is 3. The van der Waals surface area contributed by atoms with Crippen LogP contribution in [0.2, 0.25) is 0 Å². The summed E-state index contributed by atoms with van der Waals surface area (Å²) in [4.78, 5) is 25.1. The third-order valence-corrected chi connectivity index (χ3v) is 7.16. The van der Waals surface area contributed by atoms with Gasteiger partial charge in [0.25, 0.3) is 11.8 Å². The Bertz CT molecular complexity index is 1660. The SMILES string of the molecule is COc1cccc(C(=O)Nc2ccc3c(c2)-c2c(c(C(N)=O)nn2-c2ccc(S(N)(=O)=O)cc2)CC3)c1. The maximum absolute atomic E-state index is 12.9. The van der Waals surface area contributed by atoms with Crippen molar-refractivity contribution in [3.63, 3.8) is 0 Å². The number of aryl methyl sites for hydroxylation is 1. The number of sulfonamides is 1. The van der Waals surface area contributed by atoms with Crippen molar-refractivity contribution >= 4 is 27.5 Å². The molecule has 1 aliphatic carbocycles. The van der Waals surface area contributed by atoms with Gasteiger partial charge in [0.1, 0.15) is 5.75 Å². The second-order valence-electron chi connectivity index (χ2n) is 8.55. The molecule has 0 unspecified atom stereocenters. The van der Waals surface area contributed by atoms with E-state index in [1.807, 2.05) is 18.2 Å². The molecule has 5 rings (SSSR count). The first kappa shape index (κ1) is 24.2. The van der Waals surface area contributed by atoms with Crippen molar-refractivity contribution in [2.75, 3.05) is 12.4 Å². The number of nitrogens with two attached hydrogens (primary N) is 2. The fourth-order valence-corrected chi connectivity index (χ4v) is 4.96. The first-order valence-corrected chi connectivity index (χ1v) is 12.8. The Balaban J connectivity index is 1.58. The first-order chi connectivity index (χ1) is 17.7. The molecule has 1 heterocycles. The molecule has 3 aromatic carbocycles. The number of aromatic nitrogens is 2. The van der Waals surface area contributed by atoms with Gasteiger partial charge in [-0.15, -0.1) is 0 Å². The maximum Gasteiger partial charge on any atom is 0.269 e. The molecule has 2 amide bonds. The molecule has 1 aliphatic rings. The van der Waals surface area contributed by atoms with E-state index in [-0.39, 0.29) is 16.5 Å². The zero-order valence-electron chi connectivity index (χ0n) is 19.8. The van der Waals surface area contributed by atoms with E-state index in [0.717, 1.165) is 11.1 Å². The van der Waals surface area contributed by atoms with E-state index in [0.29, 0.717) is 46.8 Å². The van der Waals surface area contributed by atoms with Gasteiger partial charge < -0.3 is 15.8 Å². The highest BCUT2D eigenvalue weighted by molar-refractivity contribution is 7.89. The molecule has 188 valence electrons. The summed E-state index contributed by atoms with van der Waals surface area (Å²) in [6.07, 6.45) is 1.20. The quantitative estimate of drug-likeness (QED) is 0.356. The van der Waals surface area contributed by atoms with Gasteiger partial charge in [-0.3, -0.25) is 9.59 Å². The second kappa shape index (κ2) is 9.19. The molecule has 0 spiro atoms. The molecule has 0 saturated heterocycles. The van der Waals surface area contributed by atoms with Crippen LogP contribution in [0.1, 0.15) is 32.0 Å². The van der Waals surface area contributed by atoms with E-state index in [1.165, 1.54) is 19.2 Å². The predicted molar refractivity (Wildman–Crippen MR) is 137 cm³/mol. The minimum absolute atomic E-state index is 0.0460. The Morgan fingerprint density at radius 3 is 2.46 bits per heavy atom. The van der Waals surface area contributed by atoms with Crippen molar-refractivity contribution in [1.82, 2.24) is 9.78 Å². The van der Waals surface area contributed by atoms with Gasteiger partial charge in [0.2, 0.25) is 10.0 Å². The van der Waals surface area contributed by atoms with Crippen LogP contribution in [-0.2, 0) is 22.9 Å². The number of hydrogen-bond acceptors (Lipinski definition) is 6. The lowest BCUT2D eigenvalue weighted by molar-refractivity contribution is 0.0992. The smallest absolute Gasteiger partial charge is 0.269 e. The highest BCUT2D eigenvalue weighted by atomic mass is 32.2. The summed E-state index contributed by atoms with van der Waals surface area (Å²) >= 11 is 0. The number of nitrogens with one attached hydrogen (secondary N) is 1. The van der Waals surface area contributed by atoms with Crippen molar-refractivity contribution in [3.05, 3.63) is 89.1 Å². The molecule has 10 nitrogen and oxygen atoms in total. The average molecular weight is 518 g/mol. The molecule has 11 heteroatoms. The van der Waals surface area contributed by atoms with E-state index < -0.39 is 15.9 Å². The summed E-state index contributed by atoms with van der Waals surface area (Å²) < 4.78 is 30.1. The van der Waals surface area contributed by atoms with E-state index >= 15 is 0 Å². The Morgan fingerprint density at radius 2 is 1.78 bits per heavy atom. The monoisotopic (exact) mass is 517 g/mol. The molecule has 0 aliphatic heterocycles. The fourth-order valence-electron chi connectivity index (χ4n) is 4.45. The summed E-state index contributed by atoms with van der Waals surface area (Å²) in [5.41, 5.74) is 10.4. The summed E-state index contributed by atoms with van der Waals surface area (Å²) in [7, 11) is -2.34. The predicted octanol–water partition coefficient (Wildman–Crippen LogP) is 2.65. The number of carbonyl (C=O) groups excluding carboxylic acids is 2. The van der Waals surface area contributed by atoms with Gasteiger partial charge in [0, 0.05) is 22.4 Å². The lowest BCUT2D eigenvalue weighted by Crippen LogP contribution is -2.15. The highest BCUT2D eigenvalue weighted by Crippen LogP contribution is 2.38. The van der Waals surface area contributed by atoms with Crippen LogP contribution in [0.25, 0.3) is 16.9 Å². The van der Waals surface area contributed by atoms with Crippen molar-refractivity contribution < 1.29 is 22.7 Å². The highest BCUT2D eigenvalue weighted by Gasteiger charge is 2.28. The van der Waals surface area contributed by atoms with Gasteiger partial charge in [-0.05, 0) is 73.0 Å². The van der Waals surface area contributed by atoms with Crippen LogP contribution in [0.15, 0.2) is 71.6 Å². The number of primary amides is 1. The molecular formula is C26H23N5O5S. The van der Waals surface area contributed by atoms with Crippen LogP contribution in [0.4, 0.5) is 5.69 Å². The Labute approximate surface area is 212 Å². The number of amides is 2. The molecule has 4 aromatic rings. The van der Waals surface area contributed by atoms with Gasteiger partial charge in [-0.1, -0.05) is 12.1 Å². The zero-order valence-corrected chi connectivity index (χ0v) is 20.6. The normalized spacial score (nSPS) is 12.4. The first-order valence-electron chi connectivity index (χ1n) is 11.3. The summed E-state index contributed by atoms with van der Waals surface area (Å²) in [5.74, 6) is -0.402. The number of methoxy groups -OCH3 is 1. The van der Waals surface area contributed by atoms with Crippen LogP contribution < -0.4 is 20.9 Å². The van der Waals surface area contributed by atoms with Crippen molar-refractivity contribution in [2.24, 2.45) is 10.9 Å². The number of anilines is 1. The summed E-state index contributed by atoms with van der Waals surface area (Å²) in [6, 6.07) is 18.2. The van der Waals surface area contributed by atoms with Crippen LogP contribution in [-0.4, -0.2) is 37.1 Å². The number of primary sulfonamides is 1. The number of rotatable bonds is 6. The van der Waals surface area contributed by atoms with Crippen LogP contribution in [0, 0.1) is 0 Å². The number of carbonyl (C=O) groups is 2. The number of fused-ring (bicyclic) bond motifs is 3. The lowest BCUT2D eigenvalue weighted by Gasteiger charge is -2.20. The van der Waals surface area contributed by atoms with E-state index in [2.05, 4.69) is 10.4 Å². The van der Waals surface area contributed by atoms with E-state index in [9.17, 15) is 18.0 Å². The molecule has 0 saturated carbocycles. The number of nitrogens with zero attached hydrogens (tertiary/aromatic N) is 2. The maximum atomic E-state index is 12.9. The fraction of sp³-hybridized carbons (Fsp3) is 0.115. The van der Waals surface area contributed by atoms with Crippen molar-refractivity contribution in [3.8, 4) is 22.7 Å². The van der Waals surface area contributed by atoms with Gasteiger partial charge in [0.15, 0.2) is 5.69 Å². The minimum atomic E-state index is -3.87. The van der Waals surface area contributed by atoms with E-state index in [1.54, 1.807) is 41.1 Å². The summed E-state index contributed by atoms with van der Waals surface area (Å²) in [6.45, 7) is 0.